The smallest absolute Gasteiger partial charge is 0.237 e. The van der Waals surface area contributed by atoms with Crippen LogP contribution in [0.1, 0.15) is 25.6 Å². The maximum atomic E-state index is 12.0. The summed E-state index contributed by atoms with van der Waals surface area (Å²) in [6, 6.07) is 0.387. The van der Waals surface area contributed by atoms with E-state index in [4.69, 9.17) is 0 Å². The molecule has 1 N–H and O–H groups in total. The topological polar surface area (TPSA) is 50.2 Å². The molecule has 1 amide bonds. The van der Waals surface area contributed by atoms with E-state index in [0.717, 1.165) is 38.3 Å². The minimum absolute atomic E-state index is 0.0546. The van der Waals surface area contributed by atoms with Gasteiger partial charge in [-0.3, -0.25) is 9.69 Å². The molecule has 1 atom stereocenters. The molecular formula is C12H18N4O. The molecule has 1 aliphatic carbocycles. The highest BCUT2D eigenvalue weighted by Crippen LogP contribution is 2.20. The largest absolute Gasteiger partial charge is 0.352 e. The van der Waals surface area contributed by atoms with Gasteiger partial charge in [-0.15, -0.1) is 0 Å². The van der Waals surface area contributed by atoms with Gasteiger partial charge in [0.1, 0.15) is 5.82 Å². The second-order valence-corrected chi connectivity index (χ2v) is 4.97. The SMILES string of the molecule is C[C@H](C(=O)NC1CC1)N1CCn2ccnc2C1. The fourth-order valence-electron chi connectivity index (χ4n) is 2.24. The number of carbonyl (C=O) groups is 1. The highest BCUT2D eigenvalue weighted by atomic mass is 16.2. The third-order valence-corrected chi connectivity index (χ3v) is 3.63. The van der Waals surface area contributed by atoms with E-state index in [0.29, 0.717) is 6.04 Å². The van der Waals surface area contributed by atoms with Crippen molar-refractivity contribution in [3.05, 3.63) is 18.2 Å². The zero-order valence-electron chi connectivity index (χ0n) is 10.1. The van der Waals surface area contributed by atoms with Crippen LogP contribution in [0.5, 0.6) is 0 Å². The highest BCUT2D eigenvalue weighted by Gasteiger charge is 2.30. The van der Waals surface area contributed by atoms with Crippen LogP contribution in [0.2, 0.25) is 0 Å². The molecule has 0 saturated heterocycles. The summed E-state index contributed by atoms with van der Waals surface area (Å²) in [6.07, 6.45) is 6.11. The summed E-state index contributed by atoms with van der Waals surface area (Å²) in [7, 11) is 0. The van der Waals surface area contributed by atoms with Crippen molar-refractivity contribution in [2.75, 3.05) is 6.54 Å². The van der Waals surface area contributed by atoms with E-state index in [1.165, 1.54) is 0 Å². The minimum atomic E-state index is -0.0546. The molecule has 0 radical (unpaired) electrons. The summed E-state index contributed by atoms with van der Waals surface area (Å²) in [5.74, 6) is 1.22. The number of nitrogens with one attached hydrogen (secondary N) is 1. The Morgan fingerprint density at radius 1 is 1.53 bits per heavy atom. The maximum Gasteiger partial charge on any atom is 0.237 e. The van der Waals surface area contributed by atoms with E-state index >= 15 is 0 Å². The molecule has 0 spiro atoms. The summed E-state index contributed by atoms with van der Waals surface area (Å²) in [5, 5.41) is 3.06. The Morgan fingerprint density at radius 2 is 2.35 bits per heavy atom. The lowest BCUT2D eigenvalue weighted by molar-refractivity contribution is -0.126. The molecule has 5 heteroatoms. The predicted octanol–water partition coefficient (Wildman–Crippen LogP) is 0.366. The summed E-state index contributed by atoms with van der Waals surface area (Å²) in [4.78, 5) is 18.5. The third kappa shape index (κ3) is 2.20. The Kier molecular flexibility index (Phi) is 2.63. The second-order valence-electron chi connectivity index (χ2n) is 4.97. The first-order valence-corrected chi connectivity index (χ1v) is 6.28. The zero-order chi connectivity index (χ0) is 11.8. The van der Waals surface area contributed by atoms with Gasteiger partial charge in [0, 0.05) is 31.5 Å². The van der Waals surface area contributed by atoms with Crippen LogP contribution in [-0.4, -0.2) is 39.0 Å². The third-order valence-electron chi connectivity index (χ3n) is 3.63. The fraction of sp³-hybridized carbons (Fsp3) is 0.667. The second kappa shape index (κ2) is 4.14. The Hall–Kier alpha value is -1.36. The quantitative estimate of drug-likeness (QED) is 0.822. The van der Waals surface area contributed by atoms with Crippen LogP contribution < -0.4 is 5.32 Å². The molecule has 1 fully saturated rings. The van der Waals surface area contributed by atoms with E-state index in [2.05, 4.69) is 19.8 Å². The summed E-state index contributed by atoms with van der Waals surface area (Å²) in [5.41, 5.74) is 0. The van der Waals surface area contributed by atoms with Crippen molar-refractivity contribution >= 4 is 5.91 Å². The van der Waals surface area contributed by atoms with Crippen LogP contribution in [-0.2, 0) is 17.9 Å². The van der Waals surface area contributed by atoms with Gasteiger partial charge in [-0.25, -0.2) is 4.98 Å². The van der Waals surface area contributed by atoms with E-state index in [-0.39, 0.29) is 11.9 Å². The lowest BCUT2D eigenvalue weighted by Gasteiger charge is -2.31. The molecule has 1 aliphatic heterocycles. The molecule has 92 valence electrons. The Bertz CT molecular complexity index is 424. The highest BCUT2D eigenvalue weighted by molar-refractivity contribution is 5.81. The molecule has 5 nitrogen and oxygen atoms in total. The Morgan fingerprint density at radius 3 is 3.12 bits per heavy atom. The molecule has 1 aromatic heterocycles. The Labute approximate surface area is 101 Å². The number of hydrogen-bond donors (Lipinski definition) is 1. The van der Waals surface area contributed by atoms with Gasteiger partial charge >= 0.3 is 0 Å². The van der Waals surface area contributed by atoms with Crippen molar-refractivity contribution in [2.45, 2.75) is 44.9 Å². The zero-order valence-corrected chi connectivity index (χ0v) is 10.1. The van der Waals surface area contributed by atoms with E-state index in [9.17, 15) is 4.79 Å². The normalized spacial score (nSPS) is 21.9. The first-order valence-electron chi connectivity index (χ1n) is 6.28. The van der Waals surface area contributed by atoms with Crippen molar-refractivity contribution < 1.29 is 4.79 Å². The molecule has 17 heavy (non-hydrogen) atoms. The minimum Gasteiger partial charge on any atom is -0.352 e. The van der Waals surface area contributed by atoms with Gasteiger partial charge in [0.25, 0.3) is 0 Å². The van der Waals surface area contributed by atoms with Gasteiger partial charge in [-0.2, -0.15) is 0 Å². The van der Waals surface area contributed by atoms with Gasteiger partial charge in [-0.05, 0) is 19.8 Å². The number of hydrogen-bond acceptors (Lipinski definition) is 3. The van der Waals surface area contributed by atoms with Crippen LogP contribution in [0.25, 0.3) is 0 Å². The van der Waals surface area contributed by atoms with Gasteiger partial charge in [0.05, 0.1) is 12.6 Å². The van der Waals surface area contributed by atoms with Gasteiger partial charge in [0.15, 0.2) is 0 Å². The first kappa shape index (κ1) is 10.8. The standard InChI is InChI=1S/C12H18N4O/c1-9(12(17)14-10-2-3-10)16-7-6-15-5-4-13-11(15)8-16/h4-5,9-10H,2-3,6-8H2,1H3,(H,14,17)/t9-/m1/s1. The number of aromatic nitrogens is 2. The summed E-state index contributed by atoms with van der Waals surface area (Å²) >= 11 is 0. The van der Waals surface area contributed by atoms with Crippen molar-refractivity contribution in [3.63, 3.8) is 0 Å². The lowest BCUT2D eigenvalue weighted by Crippen LogP contribution is -2.48. The number of nitrogens with zero attached hydrogens (tertiary/aromatic N) is 3. The fourth-order valence-corrected chi connectivity index (χ4v) is 2.24. The predicted molar refractivity (Wildman–Crippen MR) is 63.3 cm³/mol. The average molecular weight is 234 g/mol. The molecule has 1 saturated carbocycles. The van der Waals surface area contributed by atoms with E-state index in [1.807, 2.05) is 19.3 Å². The molecule has 2 heterocycles. The van der Waals surface area contributed by atoms with Crippen LogP contribution in [0.3, 0.4) is 0 Å². The molecule has 0 aromatic carbocycles. The first-order chi connectivity index (χ1) is 8.24. The molecule has 1 aromatic rings. The van der Waals surface area contributed by atoms with Crippen LogP contribution in [0, 0.1) is 0 Å². The summed E-state index contributed by atoms with van der Waals surface area (Å²) < 4.78 is 2.15. The van der Waals surface area contributed by atoms with Crippen molar-refractivity contribution in [1.29, 1.82) is 0 Å². The van der Waals surface area contributed by atoms with E-state index < -0.39 is 0 Å². The molecule has 3 rings (SSSR count). The van der Waals surface area contributed by atoms with Crippen LogP contribution in [0.15, 0.2) is 12.4 Å². The van der Waals surface area contributed by atoms with Gasteiger partial charge in [-0.1, -0.05) is 0 Å². The van der Waals surface area contributed by atoms with Gasteiger partial charge < -0.3 is 9.88 Å². The van der Waals surface area contributed by atoms with Gasteiger partial charge in [0.2, 0.25) is 5.91 Å². The maximum absolute atomic E-state index is 12.0. The average Bonchev–Trinajstić information content (AvgIpc) is 3.02. The lowest BCUT2D eigenvalue weighted by atomic mass is 10.2. The Balaban J connectivity index is 1.63. The molecular weight excluding hydrogens is 216 g/mol. The number of amides is 1. The van der Waals surface area contributed by atoms with Crippen LogP contribution in [0.4, 0.5) is 0 Å². The molecule has 0 bridgehead atoms. The number of fused-ring (bicyclic) bond motifs is 1. The van der Waals surface area contributed by atoms with Crippen LogP contribution >= 0.6 is 0 Å². The van der Waals surface area contributed by atoms with E-state index in [1.54, 1.807) is 0 Å². The van der Waals surface area contributed by atoms with Crippen molar-refractivity contribution in [1.82, 2.24) is 19.8 Å². The monoisotopic (exact) mass is 234 g/mol. The molecule has 2 aliphatic rings. The summed E-state index contributed by atoms with van der Waals surface area (Å²) in [6.45, 7) is 4.60. The van der Waals surface area contributed by atoms with Crippen molar-refractivity contribution in [2.24, 2.45) is 0 Å². The number of imidazole rings is 1. The van der Waals surface area contributed by atoms with Crippen molar-refractivity contribution in [3.8, 4) is 0 Å². The molecule has 0 unspecified atom stereocenters. The number of carbonyl (C=O) groups excluding carboxylic acids is 1. The number of rotatable bonds is 3.